The van der Waals surface area contributed by atoms with Crippen LogP contribution >= 0.6 is 0 Å². The lowest BCUT2D eigenvalue weighted by Crippen LogP contribution is -2.15. The summed E-state index contributed by atoms with van der Waals surface area (Å²) in [5.74, 6) is 0.515. The number of nitriles is 1. The van der Waals surface area contributed by atoms with Crippen LogP contribution in [0.1, 0.15) is 19.5 Å². The zero-order valence-corrected chi connectivity index (χ0v) is 7.29. The maximum Gasteiger partial charge on any atom is 0.183 e. The average molecular weight is 166 g/mol. The van der Waals surface area contributed by atoms with E-state index in [1.54, 1.807) is 13.8 Å². The van der Waals surface area contributed by atoms with E-state index in [2.05, 4.69) is 11.2 Å². The van der Waals surface area contributed by atoms with Crippen LogP contribution in [-0.2, 0) is 5.41 Å². The molecule has 0 aliphatic heterocycles. The molecular weight excluding hydrogens is 156 g/mol. The van der Waals surface area contributed by atoms with Crippen molar-refractivity contribution in [3.63, 3.8) is 0 Å². The second-order valence-electron chi connectivity index (χ2n) is 2.97. The molecule has 0 aromatic carbocycles. The summed E-state index contributed by atoms with van der Waals surface area (Å²) in [6.07, 6.45) is 1.38. The summed E-state index contributed by atoms with van der Waals surface area (Å²) in [7, 11) is 1.52. The fourth-order valence-electron chi connectivity index (χ4n) is 0.848. The number of aromatic nitrogens is 1. The molecule has 0 radical (unpaired) electrons. The molecule has 0 aliphatic rings. The van der Waals surface area contributed by atoms with Crippen LogP contribution in [-0.4, -0.2) is 12.3 Å². The first-order valence-corrected chi connectivity index (χ1v) is 3.52. The fraction of sp³-hybridized carbons (Fsp3) is 0.500. The average Bonchev–Trinajstić information content (AvgIpc) is 2.52. The summed E-state index contributed by atoms with van der Waals surface area (Å²) < 4.78 is 9.66. The highest BCUT2D eigenvalue weighted by molar-refractivity contribution is 5.33. The summed E-state index contributed by atoms with van der Waals surface area (Å²) in [4.78, 5) is 0. The molecule has 0 bridgehead atoms. The molecular formula is C8H10N2O2. The number of ether oxygens (including phenoxy) is 1. The first kappa shape index (κ1) is 8.60. The molecule has 64 valence electrons. The van der Waals surface area contributed by atoms with Gasteiger partial charge in [-0.05, 0) is 13.8 Å². The van der Waals surface area contributed by atoms with Crippen molar-refractivity contribution in [3.05, 3.63) is 12.0 Å². The van der Waals surface area contributed by atoms with Crippen molar-refractivity contribution < 1.29 is 9.26 Å². The Bertz CT molecular complexity index is 309. The molecule has 4 nitrogen and oxygen atoms in total. The Morgan fingerprint density at radius 1 is 1.67 bits per heavy atom. The van der Waals surface area contributed by atoms with Crippen molar-refractivity contribution >= 4 is 0 Å². The van der Waals surface area contributed by atoms with Gasteiger partial charge in [0.25, 0.3) is 0 Å². The van der Waals surface area contributed by atoms with E-state index in [9.17, 15) is 0 Å². The number of nitrogens with zero attached hydrogens (tertiary/aromatic N) is 2. The molecule has 4 heteroatoms. The lowest BCUT2D eigenvalue weighted by Gasteiger charge is -2.11. The van der Waals surface area contributed by atoms with E-state index in [1.807, 2.05) is 0 Å². The zero-order valence-electron chi connectivity index (χ0n) is 7.29. The van der Waals surface area contributed by atoms with Gasteiger partial charge in [0.15, 0.2) is 12.0 Å². The van der Waals surface area contributed by atoms with Gasteiger partial charge < -0.3 is 9.26 Å². The highest BCUT2D eigenvalue weighted by atomic mass is 16.5. The second-order valence-corrected chi connectivity index (χ2v) is 2.97. The third-order valence-electron chi connectivity index (χ3n) is 1.63. The van der Waals surface area contributed by atoms with Gasteiger partial charge in [-0.1, -0.05) is 5.16 Å². The lowest BCUT2D eigenvalue weighted by atomic mass is 9.91. The van der Waals surface area contributed by atoms with Gasteiger partial charge >= 0.3 is 0 Å². The topological polar surface area (TPSA) is 59.1 Å². The van der Waals surface area contributed by atoms with E-state index < -0.39 is 5.41 Å². The molecule has 0 unspecified atom stereocenters. The minimum atomic E-state index is -0.668. The van der Waals surface area contributed by atoms with Gasteiger partial charge in [-0.2, -0.15) is 5.26 Å². The summed E-state index contributed by atoms with van der Waals surface area (Å²) in [5, 5.41) is 12.5. The van der Waals surface area contributed by atoms with Crippen LogP contribution in [0.4, 0.5) is 0 Å². The highest BCUT2D eigenvalue weighted by Gasteiger charge is 2.27. The minimum absolute atomic E-state index is 0.515. The van der Waals surface area contributed by atoms with Gasteiger partial charge in [-0.15, -0.1) is 0 Å². The molecule has 1 aromatic rings. The molecule has 1 aromatic heterocycles. The van der Waals surface area contributed by atoms with Crippen molar-refractivity contribution in [2.45, 2.75) is 19.3 Å². The van der Waals surface area contributed by atoms with Gasteiger partial charge in [0, 0.05) is 0 Å². The normalized spacial score (nSPS) is 10.8. The van der Waals surface area contributed by atoms with E-state index in [0.717, 1.165) is 0 Å². The minimum Gasteiger partial charge on any atom is -0.491 e. The summed E-state index contributed by atoms with van der Waals surface area (Å²) in [6, 6.07) is 2.12. The van der Waals surface area contributed by atoms with Crippen LogP contribution in [0.5, 0.6) is 5.75 Å². The summed E-state index contributed by atoms with van der Waals surface area (Å²) in [6.45, 7) is 3.51. The molecule has 1 rings (SSSR count). The number of methoxy groups -OCH3 is 1. The first-order chi connectivity index (χ1) is 5.61. The van der Waals surface area contributed by atoms with E-state index in [-0.39, 0.29) is 0 Å². The van der Waals surface area contributed by atoms with Crippen LogP contribution in [0.2, 0.25) is 0 Å². The Hall–Kier alpha value is -1.50. The fourth-order valence-corrected chi connectivity index (χ4v) is 0.848. The maximum absolute atomic E-state index is 8.80. The Morgan fingerprint density at radius 3 is 2.83 bits per heavy atom. The quantitative estimate of drug-likeness (QED) is 0.667. The van der Waals surface area contributed by atoms with Crippen molar-refractivity contribution in [2.75, 3.05) is 7.11 Å². The Balaban J connectivity index is 3.11. The summed E-state index contributed by atoms with van der Waals surface area (Å²) >= 11 is 0. The molecule has 0 amide bonds. The number of hydrogen-bond acceptors (Lipinski definition) is 4. The van der Waals surface area contributed by atoms with E-state index >= 15 is 0 Å². The number of rotatable bonds is 2. The second kappa shape index (κ2) is 2.86. The lowest BCUT2D eigenvalue weighted by molar-refractivity contribution is 0.390. The predicted octanol–water partition coefficient (Wildman–Crippen LogP) is 1.48. The molecule has 0 saturated heterocycles. The Morgan fingerprint density at radius 2 is 2.33 bits per heavy atom. The van der Waals surface area contributed by atoms with Crippen LogP contribution in [0.25, 0.3) is 0 Å². The third-order valence-corrected chi connectivity index (χ3v) is 1.63. The van der Waals surface area contributed by atoms with Gasteiger partial charge in [0.1, 0.15) is 11.1 Å². The Labute approximate surface area is 70.7 Å². The molecule has 0 fully saturated rings. The molecule has 0 aliphatic carbocycles. The predicted molar refractivity (Wildman–Crippen MR) is 41.7 cm³/mol. The van der Waals surface area contributed by atoms with Crippen LogP contribution in [0, 0.1) is 11.3 Å². The molecule has 0 N–H and O–H groups in total. The monoisotopic (exact) mass is 166 g/mol. The highest BCUT2D eigenvalue weighted by Crippen LogP contribution is 2.29. The van der Waals surface area contributed by atoms with Crippen LogP contribution in [0.3, 0.4) is 0 Å². The maximum atomic E-state index is 8.80. The van der Waals surface area contributed by atoms with E-state index in [0.29, 0.717) is 11.4 Å². The van der Waals surface area contributed by atoms with Crippen molar-refractivity contribution in [1.82, 2.24) is 5.16 Å². The van der Waals surface area contributed by atoms with Gasteiger partial charge in [0.2, 0.25) is 0 Å². The van der Waals surface area contributed by atoms with Gasteiger partial charge in [-0.3, -0.25) is 0 Å². The Kier molecular flexibility index (Phi) is 2.05. The third kappa shape index (κ3) is 1.26. The van der Waals surface area contributed by atoms with Crippen molar-refractivity contribution in [1.29, 1.82) is 5.26 Å². The number of hydrogen-bond donors (Lipinski definition) is 0. The molecule has 0 saturated carbocycles. The largest absolute Gasteiger partial charge is 0.491 e. The standard InChI is InChI=1S/C8H10N2O2/c1-8(2,5-9)7-6(11-3)4-12-10-7/h4H,1-3H3. The van der Waals surface area contributed by atoms with Crippen molar-refractivity contribution in [2.24, 2.45) is 0 Å². The molecule has 1 heterocycles. The van der Waals surface area contributed by atoms with Crippen LogP contribution < -0.4 is 4.74 Å². The van der Waals surface area contributed by atoms with Crippen molar-refractivity contribution in [3.8, 4) is 11.8 Å². The van der Waals surface area contributed by atoms with E-state index in [1.165, 1.54) is 13.4 Å². The SMILES string of the molecule is COc1conc1C(C)(C)C#N. The smallest absolute Gasteiger partial charge is 0.183 e. The van der Waals surface area contributed by atoms with E-state index in [4.69, 9.17) is 14.5 Å². The first-order valence-electron chi connectivity index (χ1n) is 3.52. The van der Waals surface area contributed by atoms with Crippen LogP contribution in [0.15, 0.2) is 10.8 Å². The summed E-state index contributed by atoms with van der Waals surface area (Å²) in [5.41, 5.74) is -0.134. The molecule has 0 atom stereocenters. The zero-order chi connectivity index (χ0) is 9.19. The van der Waals surface area contributed by atoms with Gasteiger partial charge in [0.05, 0.1) is 13.2 Å². The molecule has 0 spiro atoms. The van der Waals surface area contributed by atoms with Gasteiger partial charge in [-0.25, -0.2) is 0 Å². The molecule has 12 heavy (non-hydrogen) atoms.